The predicted molar refractivity (Wildman–Crippen MR) is 134 cm³/mol. The van der Waals surface area contributed by atoms with Crippen molar-refractivity contribution in [2.24, 2.45) is 5.92 Å². The van der Waals surface area contributed by atoms with Gasteiger partial charge >= 0.3 is 0 Å². The third-order valence-electron chi connectivity index (χ3n) is 6.96. The molecule has 11 heteroatoms. The van der Waals surface area contributed by atoms with Crippen LogP contribution in [0.25, 0.3) is 10.2 Å². The van der Waals surface area contributed by atoms with Crippen LogP contribution in [0.15, 0.2) is 12.3 Å². The Kier molecular flexibility index (Phi) is 6.56. The molecule has 1 saturated heterocycles. The summed E-state index contributed by atoms with van der Waals surface area (Å²) < 4.78 is 20.5. The molecule has 35 heavy (non-hydrogen) atoms. The molecule has 0 radical (unpaired) electrons. The number of rotatable bonds is 6. The van der Waals surface area contributed by atoms with Gasteiger partial charge in [0.1, 0.15) is 15.5 Å². The summed E-state index contributed by atoms with van der Waals surface area (Å²) in [5.41, 5.74) is 8.34. The number of anilines is 2. The van der Waals surface area contributed by atoms with E-state index in [4.69, 9.17) is 15.5 Å². The zero-order chi connectivity index (χ0) is 24.7. The smallest absolute Gasteiger partial charge is 0.263 e. The van der Waals surface area contributed by atoms with E-state index in [9.17, 15) is 4.79 Å². The average Bonchev–Trinajstić information content (AvgIpc) is 3.39. The number of methoxy groups -OCH3 is 1. The molecule has 3 aromatic rings. The molecule has 0 aromatic carbocycles. The van der Waals surface area contributed by atoms with Crippen molar-refractivity contribution in [3.63, 3.8) is 0 Å². The zero-order valence-electron chi connectivity index (χ0n) is 20.1. The number of fused-ring (bicyclic) bond motifs is 2. The highest BCUT2D eigenvalue weighted by Gasteiger charge is 2.34. The van der Waals surface area contributed by atoms with Gasteiger partial charge in [-0.2, -0.15) is 0 Å². The summed E-state index contributed by atoms with van der Waals surface area (Å²) in [5, 5.41) is 7.07. The summed E-state index contributed by atoms with van der Waals surface area (Å²) in [6.45, 7) is 3.80. The molecule has 0 saturated carbocycles. The van der Waals surface area contributed by atoms with Gasteiger partial charge in [-0.25, -0.2) is 19.3 Å². The first-order chi connectivity index (χ1) is 16.9. The molecule has 0 bridgehead atoms. The van der Waals surface area contributed by atoms with Gasteiger partial charge in [0.2, 0.25) is 0 Å². The fourth-order valence-electron chi connectivity index (χ4n) is 5.13. The van der Waals surface area contributed by atoms with Gasteiger partial charge in [0.05, 0.1) is 17.7 Å². The Hall–Kier alpha value is -2.89. The monoisotopic (exact) mass is 499 g/mol. The number of pyridine rings is 1. The summed E-state index contributed by atoms with van der Waals surface area (Å²) in [5.74, 6) is 0.748. The molecule has 9 nitrogen and oxygen atoms in total. The van der Waals surface area contributed by atoms with Crippen LogP contribution in [0, 0.1) is 18.7 Å². The minimum absolute atomic E-state index is 0.119. The maximum atomic E-state index is 15.2. The number of nitrogen functional groups attached to an aromatic ring is 1. The summed E-state index contributed by atoms with van der Waals surface area (Å²) >= 11 is 1.26. The lowest BCUT2D eigenvalue weighted by atomic mass is 9.91. The summed E-state index contributed by atoms with van der Waals surface area (Å²) in [6, 6.07) is 1.69. The van der Waals surface area contributed by atoms with Crippen LogP contribution in [0.1, 0.15) is 33.2 Å². The van der Waals surface area contributed by atoms with E-state index in [0.717, 1.165) is 17.7 Å². The number of aryl methyl sites for hydroxylation is 2. The van der Waals surface area contributed by atoms with E-state index in [1.54, 1.807) is 26.3 Å². The molecule has 4 heterocycles. The number of amides is 1. The number of hydrogen-bond acceptors (Lipinski definition) is 9. The van der Waals surface area contributed by atoms with Crippen molar-refractivity contribution in [3.05, 3.63) is 40.0 Å². The van der Waals surface area contributed by atoms with Crippen LogP contribution < -0.4 is 21.3 Å². The summed E-state index contributed by atoms with van der Waals surface area (Å²) in [4.78, 5) is 29.4. The van der Waals surface area contributed by atoms with Crippen molar-refractivity contribution in [1.29, 1.82) is 0 Å². The minimum Gasteiger partial charge on any atom is -0.397 e. The van der Waals surface area contributed by atoms with Crippen molar-refractivity contribution in [1.82, 2.24) is 25.6 Å². The van der Waals surface area contributed by atoms with Gasteiger partial charge in [-0.15, -0.1) is 11.3 Å². The number of aromatic nitrogens is 3. The van der Waals surface area contributed by atoms with Crippen molar-refractivity contribution in [2.45, 2.75) is 38.3 Å². The summed E-state index contributed by atoms with van der Waals surface area (Å²) in [6.07, 6.45) is 3.58. The first-order valence-electron chi connectivity index (χ1n) is 11.8. The molecule has 3 unspecified atom stereocenters. The normalized spacial score (nSPS) is 21.9. The van der Waals surface area contributed by atoms with Crippen LogP contribution >= 0.6 is 11.3 Å². The van der Waals surface area contributed by atoms with Crippen LogP contribution in [-0.4, -0.2) is 66.8 Å². The molecule has 3 aromatic heterocycles. The number of nitrogens with one attached hydrogen (secondary N) is 2. The third kappa shape index (κ3) is 4.55. The highest BCUT2D eigenvalue weighted by Crippen LogP contribution is 2.33. The van der Waals surface area contributed by atoms with Crippen molar-refractivity contribution in [2.75, 3.05) is 44.5 Å². The van der Waals surface area contributed by atoms with Crippen LogP contribution in [0.2, 0.25) is 0 Å². The molecule has 4 N–H and O–H groups in total. The number of carbonyl (C=O) groups excluding carboxylic acids is 1. The largest absolute Gasteiger partial charge is 0.397 e. The van der Waals surface area contributed by atoms with Crippen LogP contribution in [0.5, 0.6) is 0 Å². The maximum Gasteiger partial charge on any atom is 0.263 e. The number of ether oxygens (including phenoxy) is 1. The fraction of sp³-hybridized carbons (Fsp3) is 0.500. The first-order valence-corrected chi connectivity index (χ1v) is 12.6. The van der Waals surface area contributed by atoms with E-state index in [1.165, 1.54) is 11.3 Å². The second-order valence-electron chi connectivity index (χ2n) is 9.31. The Labute approximate surface area is 207 Å². The van der Waals surface area contributed by atoms with E-state index in [2.05, 4.69) is 20.6 Å². The number of thiophene rings is 1. The maximum absolute atomic E-state index is 15.2. The van der Waals surface area contributed by atoms with E-state index in [1.807, 2.05) is 11.9 Å². The summed E-state index contributed by atoms with van der Waals surface area (Å²) in [7, 11) is 3.61. The lowest BCUT2D eigenvalue weighted by Crippen LogP contribution is -2.39. The molecule has 186 valence electrons. The number of halogens is 1. The van der Waals surface area contributed by atoms with Gasteiger partial charge in [0.25, 0.3) is 5.91 Å². The van der Waals surface area contributed by atoms with Gasteiger partial charge in [0.15, 0.2) is 11.6 Å². The number of hydrogen-bond donors (Lipinski definition) is 3. The lowest BCUT2D eigenvalue weighted by molar-refractivity contribution is 0.0938. The number of carbonyl (C=O) groups is 1. The Balaban J connectivity index is 1.30. The van der Waals surface area contributed by atoms with Gasteiger partial charge < -0.3 is 26.0 Å². The molecule has 1 aliphatic carbocycles. The Morgan fingerprint density at radius 1 is 1.37 bits per heavy atom. The molecule has 1 amide bonds. The second-order valence-corrected chi connectivity index (χ2v) is 10.3. The van der Waals surface area contributed by atoms with Gasteiger partial charge in [-0.05, 0) is 44.9 Å². The minimum atomic E-state index is -0.327. The van der Waals surface area contributed by atoms with Crippen LogP contribution in [-0.2, 0) is 17.6 Å². The molecule has 3 atom stereocenters. The highest BCUT2D eigenvalue weighted by molar-refractivity contribution is 7.21. The molecule has 2 aliphatic rings. The molecule has 1 aliphatic heterocycles. The lowest BCUT2D eigenvalue weighted by Gasteiger charge is -2.27. The Morgan fingerprint density at radius 3 is 2.97 bits per heavy atom. The average molecular weight is 500 g/mol. The Bertz CT molecular complexity index is 1270. The molecular formula is C24H30FN7O2S. The van der Waals surface area contributed by atoms with Crippen molar-refractivity contribution >= 4 is 39.0 Å². The van der Waals surface area contributed by atoms with Gasteiger partial charge in [0, 0.05) is 50.1 Å². The van der Waals surface area contributed by atoms with E-state index in [-0.39, 0.29) is 29.7 Å². The number of nitrogens with two attached hydrogens (primary N) is 1. The second kappa shape index (κ2) is 9.63. The van der Waals surface area contributed by atoms with Crippen LogP contribution in [0.4, 0.5) is 15.9 Å². The molecule has 5 rings (SSSR count). The quantitative estimate of drug-likeness (QED) is 0.472. The number of likely N-dealkylation sites (N-methyl/N-ethyl adjacent to an activating group) is 1. The van der Waals surface area contributed by atoms with Gasteiger partial charge in [-0.3, -0.25) is 4.79 Å². The zero-order valence-corrected chi connectivity index (χ0v) is 20.9. The molecular weight excluding hydrogens is 469 g/mol. The topological polar surface area (TPSA) is 118 Å². The fourth-order valence-corrected chi connectivity index (χ4v) is 6.15. The molecule has 0 spiro atoms. The SMILES string of the molecule is CNC1CN(c2nc3c(cc2F)CC(NC(=O)c2sc4nc(C)ncc4c2N)CC3)CC1COC. The standard InChI is InChI=1S/C24H30FN7O2S/c1-12-28-8-16-20(26)21(35-24(16)29-12)23(33)30-15-4-5-18-13(6-15)7-17(25)22(31-18)32-9-14(11-34-3)19(10-32)27-2/h7-8,14-15,19,27H,4-6,9-11,26H2,1-3H3,(H,30,33). The van der Waals surface area contributed by atoms with Crippen LogP contribution in [0.3, 0.4) is 0 Å². The van der Waals surface area contributed by atoms with E-state index in [0.29, 0.717) is 65.0 Å². The highest BCUT2D eigenvalue weighted by atomic mass is 32.1. The van der Waals surface area contributed by atoms with E-state index < -0.39 is 0 Å². The first kappa shape index (κ1) is 23.8. The predicted octanol–water partition coefficient (Wildman–Crippen LogP) is 2.07. The third-order valence-corrected chi connectivity index (χ3v) is 8.08. The van der Waals surface area contributed by atoms with Gasteiger partial charge in [-0.1, -0.05) is 0 Å². The van der Waals surface area contributed by atoms with Crippen molar-refractivity contribution in [3.8, 4) is 0 Å². The number of nitrogens with zero attached hydrogens (tertiary/aromatic N) is 4. The Morgan fingerprint density at radius 2 is 2.20 bits per heavy atom. The van der Waals surface area contributed by atoms with E-state index >= 15 is 4.39 Å². The van der Waals surface area contributed by atoms with Crippen molar-refractivity contribution < 1.29 is 13.9 Å². The molecule has 1 fully saturated rings.